The number of halogens is 2. The molecule has 0 saturated carbocycles. The molecule has 2 atom stereocenters. The molecule has 1 saturated heterocycles. The predicted octanol–water partition coefficient (Wildman–Crippen LogP) is 2.63. The number of hydrogen-bond donors (Lipinski definition) is 1. The van der Waals surface area contributed by atoms with Crippen LogP contribution in [0.1, 0.15) is 30.0 Å². The van der Waals surface area contributed by atoms with Crippen LogP contribution in [0.2, 0.25) is 0 Å². The molecular formula is C18H18F2N2O2. The number of likely N-dealkylation sites (tertiary alicyclic amines) is 1. The number of nitrogens with zero attached hydrogens (tertiary/aromatic N) is 2. The molecular weight excluding hydrogens is 314 g/mol. The molecule has 126 valence electrons. The Balaban J connectivity index is 1.75. The Morgan fingerprint density at radius 2 is 2.00 bits per heavy atom. The van der Waals surface area contributed by atoms with Crippen molar-refractivity contribution in [3.8, 4) is 0 Å². The number of amides is 1. The molecule has 0 radical (unpaired) electrons. The first-order valence-electron chi connectivity index (χ1n) is 7.86. The van der Waals surface area contributed by atoms with E-state index < -0.39 is 23.8 Å². The third kappa shape index (κ3) is 3.59. The number of hydrogen-bond acceptors (Lipinski definition) is 3. The van der Waals surface area contributed by atoms with Crippen LogP contribution in [0.3, 0.4) is 0 Å². The summed E-state index contributed by atoms with van der Waals surface area (Å²) >= 11 is 0. The maximum absolute atomic E-state index is 14.0. The molecule has 0 spiro atoms. The quantitative estimate of drug-likeness (QED) is 0.936. The van der Waals surface area contributed by atoms with Gasteiger partial charge >= 0.3 is 0 Å². The molecule has 1 fully saturated rings. The predicted molar refractivity (Wildman–Crippen MR) is 84.0 cm³/mol. The van der Waals surface area contributed by atoms with E-state index in [1.165, 1.54) is 4.90 Å². The van der Waals surface area contributed by atoms with Crippen molar-refractivity contribution in [2.45, 2.75) is 31.4 Å². The van der Waals surface area contributed by atoms with Crippen LogP contribution in [0.5, 0.6) is 0 Å². The van der Waals surface area contributed by atoms with Crippen LogP contribution >= 0.6 is 0 Å². The number of aryl methyl sites for hydroxylation is 1. The summed E-state index contributed by atoms with van der Waals surface area (Å²) in [6, 6.07) is 6.21. The third-order valence-corrected chi connectivity index (χ3v) is 4.29. The van der Waals surface area contributed by atoms with Crippen molar-refractivity contribution in [2.75, 3.05) is 6.54 Å². The van der Waals surface area contributed by atoms with Gasteiger partial charge < -0.3 is 10.0 Å². The molecule has 1 aromatic carbocycles. The monoisotopic (exact) mass is 332 g/mol. The van der Waals surface area contributed by atoms with E-state index >= 15 is 0 Å². The minimum Gasteiger partial charge on any atom is -0.391 e. The van der Waals surface area contributed by atoms with Crippen LogP contribution in [0.4, 0.5) is 8.78 Å². The number of aliphatic hydroxyl groups is 1. The van der Waals surface area contributed by atoms with Crippen LogP contribution in [0, 0.1) is 11.6 Å². The number of aliphatic hydroxyl groups excluding tert-OH is 1. The second-order valence-corrected chi connectivity index (χ2v) is 5.97. The summed E-state index contributed by atoms with van der Waals surface area (Å²) in [6.45, 7) is 0.135. The summed E-state index contributed by atoms with van der Waals surface area (Å²) in [6.07, 6.45) is 3.56. The van der Waals surface area contributed by atoms with Gasteiger partial charge in [-0.2, -0.15) is 0 Å². The van der Waals surface area contributed by atoms with E-state index in [-0.39, 0.29) is 30.9 Å². The Morgan fingerprint density at radius 3 is 2.75 bits per heavy atom. The summed E-state index contributed by atoms with van der Waals surface area (Å²) in [7, 11) is 0. The van der Waals surface area contributed by atoms with E-state index in [1.54, 1.807) is 12.4 Å². The van der Waals surface area contributed by atoms with Gasteiger partial charge in [-0.3, -0.25) is 9.78 Å². The van der Waals surface area contributed by atoms with E-state index in [2.05, 4.69) is 4.98 Å². The highest BCUT2D eigenvalue weighted by Crippen LogP contribution is 2.34. The minimum absolute atomic E-state index is 0.115. The van der Waals surface area contributed by atoms with Crippen molar-refractivity contribution in [2.24, 2.45) is 0 Å². The molecule has 3 rings (SSSR count). The first kappa shape index (κ1) is 16.5. The molecule has 2 heterocycles. The molecule has 1 aromatic heterocycles. The summed E-state index contributed by atoms with van der Waals surface area (Å²) < 4.78 is 27.5. The lowest BCUT2D eigenvalue weighted by atomic mass is 10.0. The Kier molecular flexibility index (Phi) is 4.85. The fraction of sp³-hybridized carbons (Fsp3) is 0.333. The number of β-amino-alcohol motifs (C(OH)–C–C–N with tert-alkyl or cyclic N) is 1. The van der Waals surface area contributed by atoms with Gasteiger partial charge in [0.15, 0.2) is 0 Å². The Labute approximate surface area is 138 Å². The lowest BCUT2D eigenvalue weighted by Crippen LogP contribution is -2.32. The first-order chi connectivity index (χ1) is 11.5. The average molecular weight is 332 g/mol. The van der Waals surface area contributed by atoms with Crippen molar-refractivity contribution in [1.82, 2.24) is 9.88 Å². The number of aromatic nitrogens is 1. The summed E-state index contributed by atoms with van der Waals surface area (Å²) in [4.78, 5) is 17.9. The van der Waals surface area contributed by atoms with Gasteiger partial charge in [0.05, 0.1) is 12.1 Å². The second-order valence-electron chi connectivity index (χ2n) is 5.97. The lowest BCUT2D eigenvalue weighted by Gasteiger charge is -2.25. The zero-order valence-corrected chi connectivity index (χ0v) is 13.0. The largest absolute Gasteiger partial charge is 0.391 e. The Morgan fingerprint density at radius 1 is 1.25 bits per heavy atom. The van der Waals surface area contributed by atoms with E-state index in [4.69, 9.17) is 0 Å². The number of carbonyl (C=O) groups is 1. The number of carbonyl (C=O) groups excluding carboxylic acids is 1. The molecule has 0 aliphatic carbocycles. The smallest absolute Gasteiger partial charge is 0.223 e. The van der Waals surface area contributed by atoms with E-state index in [0.29, 0.717) is 6.42 Å². The molecule has 6 heteroatoms. The zero-order valence-electron chi connectivity index (χ0n) is 13.0. The Bertz CT molecular complexity index is 724. The molecule has 24 heavy (non-hydrogen) atoms. The van der Waals surface area contributed by atoms with E-state index in [1.807, 2.05) is 12.1 Å². The number of pyridine rings is 1. The van der Waals surface area contributed by atoms with Gasteiger partial charge in [-0.1, -0.05) is 0 Å². The van der Waals surface area contributed by atoms with Crippen molar-refractivity contribution in [3.05, 3.63) is 65.5 Å². The highest BCUT2D eigenvalue weighted by molar-refractivity contribution is 5.77. The molecule has 1 amide bonds. The van der Waals surface area contributed by atoms with Crippen LogP contribution < -0.4 is 0 Å². The van der Waals surface area contributed by atoms with Gasteiger partial charge in [0, 0.05) is 30.9 Å². The average Bonchev–Trinajstić information content (AvgIpc) is 2.97. The second kappa shape index (κ2) is 7.05. The highest BCUT2D eigenvalue weighted by Gasteiger charge is 2.36. The molecule has 2 aromatic rings. The van der Waals surface area contributed by atoms with Gasteiger partial charge in [-0.05, 0) is 48.7 Å². The fourth-order valence-corrected chi connectivity index (χ4v) is 3.10. The van der Waals surface area contributed by atoms with Gasteiger partial charge in [0.25, 0.3) is 0 Å². The fourth-order valence-electron chi connectivity index (χ4n) is 3.10. The van der Waals surface area contributed by atoms with Crippen LogP contribution in [0.25, 0.3) is 0 Å². The third-order valence-electron chi connectivity index (χ3n) is 4.29. The minimum atomic E-state index is -0.734. The Hall–Kier alpha value is -2.34. The number of rotatable bonds is 4. The van der Waals surface area contributed by atoms with Gasteiger partial charge in [-0.25, -0.2) is 8.78 Å². The first-order valence-corrected chi connectivity index (χ1v) is 7.86. The van der Waals surface area contributed by atoms with Crippen LogP contribution in [-0.4, -0.2) is 33.5 Å². The van der Waals surface area contributed by atoms with Gasteiger partial charge in [-0.15, -0.1) is 0 Å². The summed E-state index contributed by atoms with van der Waals surface area (Å²) in [5, 5.41) is 9.91. The summed E-state index contributed by atoms with van der Waals surface area (Å²) in [5.74, 6) is -1.31. The van der Waals surface area contributed by atoms with Crippen molar-refractivity contribution in [1.29, 1.82) is 0 Å². The molecule has 4 nitrogen and oxygen atoms in total. The maximum Gasteiger partial charge on any atom is 0.223 e. The maximum atomic E-state index is 14.0. The lowest BCUT2D eigenvalue weighted by molar-refractivity contribution is -0.132. The van der Waals surface area contributed by atoms with Crippen molar-refractivity contribution in [3.63, 3.8) is 0 Å². The van der Waals surface area contributed by atoms with Crippen molar-refractivity contribution < 1.29 is 18.7 Å². The van der Waals surface area contributed by atoms with Gasteiger partial charge in [0.1, 0.15) is 11.6 Å². The van der Waals surface area contributed by atoms with Gasteiger partial charge in [0.2, 0.25) is 5.91 Å². The van der Waals surface area contributed by atoms with E-state index in [0.717, 1.165) is 23.8 Å². The normalized spacial score (nSPS) is 20.4. The molecule has 1 aliphatic rings. The molecule has 0 unspecified atom stereocenters. The standard InChI is InChI=1S/C18H18F2N2O2/c19-13-2-3-16(20)15(9-13)17-10-14(23)11-22(17)18(24)4-1-12-5-7-21-8-6-12/h2-3,5-9,14,17,23H,1,4,10-11H2/t14-,17+/m0/s1. The van der Waals surface area contributed by atoms with Crippen molar-refractivity contribution >= 4 is 5.91 Å². The molecule has 1 aliphatic heterocycles. The molecule has 0 bridgehead atoms. The highest BCUT2D eigenvalue weighted by atomic mass is 19.1. The summed E-state index contributed by atoms with van der Waals surface area (Å²) in [5.41, 5.74) is 1.09. The van der Waals surface area contributed by atoms with E-state index in [9.17, 15) is 18.7 Å². The van der Waals surface area contributed by atoms with Crippen LogP contribution in [0.15, 0.2) is 42.7 Å². The van der Waals surface area contributed by atoms with Crippen LogP contribution in [-0.2, 0) is 11.2 Å². The topological polar surface area (TPSA) is 53.4 Å². The number of benzene rings is 1. The SMILES string of the molecule is O=C(CCc1ccncc1)N1C[C@@H](O)C[C@@H]1c1cc(F)ccc1F. The molecule has 1 N–H and O–H groups in total. The zero-order chi connectivity index (χ0) is 17.1.